The Kier molecular flexibility index (Phi) is 5.45. The standard InChI is InChI=1S/C25H24N2O2/c1-17-14-19(8-5-13-28)15-21(25(17)29)20-10-12-24-22(16-20)23(26-27-24)11-9-18-6-3-2-4-7-18/h2-4,6-7,9-12,14-16,28-29H,5,8,13H2,1H3,(H,26,27). The largest absolute Gasteiger partial charge is 0.507 e. The van der Waals surface area contributed by atoms with E-state index in [1.807, 2.05) is 61.5 Å². The van der Waals surface area contributed by atoms with Crippen LogP contribution in [-0.2, 0) is 6.42 Å². The Morgan fingerprint density at radius 1 is 1.00 bits per heavy atom. The highest BCUT2D eigenvalue weighted by Crippen LogP contribution is 2.35. The van der Waals surface area contributed by atoms with Crippen LogP contribution < -0.4 is 0 Å². The smallest absolute Gasteiger partial charge is 0.126 e. The summed E-state index contributed by atoms with van der Waals surface area (Å²) in [4.78, 5) is 0. The fraction of sp³-hybridized carbons (Fsp3) is 0.160. The minimum Gasteiger partial charge on any atom is -0.507 e. The van der Waals surface area contributed by atoms with Crippen molar-refractivity contribution in [2.24, 2.45) is 0 Å². The average molecular weight is 384 g/mol. The molecule has 3 N–H and O–H groups in total. The number of fused-ring (bicyclic) bond motifs is 1. The summed E-state index contributed by atoms with van der Waals surface area (Å²) < 4.78 is 0. The normalized spacial score (nSPS) is 11.5. The second-order valence-electron chi connectivity index (χ2n) is 7.25. The molecule has 1 aromatic heterocycles. The summed E-state index contributed by atoms with van der Waals surface area (Å²) in [7, 11) is 0. The molecule has 1 heterocycles. The molecule has 0 radical (unpaired) electrons. The Morgan fingerprint density at radius 2 is 1.83 bits per heavy atom. The number of hydrogen-bond donors (Lipinski definition) is 3. The molecule has 0 unspecified atom stereocenters. The van der Waals surface area contributed by atoms with Gasteiger partial charge in [-0.25, -0.2) is 0 Å². The number of aliphatic hydroxyl groups is 1. The summed E-state index contributed by atoms with van der Waals surface area (Å²) in [5.41, 5.74) is 6.63. The van der Waals surface area contributed by atoms with Gasteiger partial charge >= 0.3 is 0 Å². The van der Waals surface area contributed by atoms with Crippen LogP contribution in [0.15, 0.2) is 60.7 Å². The number of nitrogens with zero attached hydrogens (tertiary/aromatic N) is 1. The molecular formula is C25H24N2O2. The number of benzene rings is 3. The zero-order chi connectivity index (χ0) is 20.2. The molecule has 4 heteroatoms. The van der Waals surface area contributed by atoms with Gasteiger partial charge in [-0.3, -0.25) is 5.10 Å². The number of aromatic nitrogens is 2. The number of phenolic OH excluding ortho intramolecular Hbond substituents is 1. The zero-order valence-electron chi connectivity index (χ0n) is 16.4. The van der Waals surface area contributed by atoms with E-state index < -0.39 is 0 Å². The van der Waals surface area contributed by atoms with E-state index in [4.69, 9.17) is 5.11 Å². The SMILES string of the molecule is Cc1cc(CCCO)cc(-c2ccc3[nH]nc(C=Cc4ccccc4)c3c2)c1O. The minimum absolute atomic E-state index is 0.160. The first-order valence-electron chi connectivity index (χ1n) is 9.80. The van der Waals surface area contributed by atoms with Gasteiger partial charge in [0.2, 0.25) is 0 Å². The van der Waals surface area contributed by atoms with Crippen LogP contribution in [0.1, 0.15) is 28.8 Å². The molecule has 3 aromatic carbocycles. The first kappa shape index (κ1) is 19.0. The Hall–Kier alpha value is -3.37. The van der Waals surface area contributed by atoms with Gasteiger partial charge in [-0.05, 0) is 66.3 Å². The third-order valence-corrected chi connectivity index (χ3v) is 5.12. The number of phenols is 1. The van der Waals surface area contributed by atoms with Crippen molar-refractivity contribution in [3.8, 4) is 16.9 Å². The summed E-state index contributed by atoms with van der Waals surface area (Å²) >= 11 is 0. The van der Waals surface area contributed by atoms with Crippen LogP contribution in [0.2, 0.25) is 0 Å². The van der Waals surface area contributed by atoms with Crippen LogP contribution in [0.4, 0.5) is 0 Å². The number of H-pyrrole nitrogens is 1. The zero-order valence-corrected chi connectivity index (χ0v) is 16.4. The van der Waals surface area contributed by atoms with Crippen molar-refractivity contribution in [2.45, 2.75) is 19.8 Å². The van der Waals surface area contributed by atoms with Crippen LogP contribution >= 0.6 is 0 Å². The van der Waals surface area contributed by atoms with E-state index in [9.17, 15) is 5.11 Å². The van der Waals surface area contributed by atoms with Gasteiger partial charge in [0, 0.05) is 17.6 Å². The molecular weight excluding hydrogens is 360 g/mol. The van der Waals surface area contributed by atoms with E-state index in [2.05, 4.69) is 28.4 Å². The highest BCUT2D eigenvalue weighted by molar-refractivity contribution is 5.93. The molecule has 0 saturated carbocycles. The van der Waals surface area contributed by atoms with E-state index in [1.165, 1.54) is 0 Å². The Labute approximate surface area is 170 Å². The van der Waals surface area contributed by atoms with Gasteiger partial charge in [-0.2, -0.15) is 5.10 Å². The molecule has 146 valence electrons. The fourth-order valence-electron chi connectivity index (χ4n) is 3.57. The second kappa shape index (κ2) is 8.33. The first-order chi connectivity index (χ1) is 14.2. The second-order valence-corrected chi connectivity index (χ2v) is 7.25. The van der Waals surface area contributed by atoms with Gasteiger partial charge in [0.15, 0.2) is 0 Å². The molecule has 0 spiro atoms. The molecule has 0 amide bonds. The molecule has 0 atom stereocenters. The Bertz CT molecular complexity index is 1160. The lowest BCUT2D eigenvalue weighted by Gasteiger charge is -2.11. The van der Waals surface area contributed by atoms with Crippen molar-refractivity contribution in [3.05, 3.63) is 83.0 Å². The minimum atomic E-state index is 0.160. The number of rotatable bonds is 6. The van der Waals surface area contributed by atoms with Crippen LogP contribution in [0.5, 0.6) is 5.75 Å². The maximum atomic E-state index is 10.7. The number of aryl methyl sites for hydroxylation is 2. The van der Waals surface area contributed by atoms with Crippen LogP contribution in [-0.4, -0.2) is 27.0 Å². The fourth-order valence-corrected chi connectivity index (χ4v) is 3.57. The summed E-state index contributed by atoms with van der Waals surface area (Å²) in [6, 6.07) is 20.2. The van der Waals surface area contributed by atoms with Crippen LogP contribution in [0.25, 0.3) is 34.2 Å². The third-order valence-electron chi connectivity index (χ3n) is 5.12. The number of aromatic amines is 1. The predicted octanol–water partition coefficient (Wildman–Crippen LogP) is 5.34. The molecule has 4 rings (SSSR count). The van der Waals surface area contributed by atoms with Gasteiger partial charge < -0.3 is 10.2 Å². The quantitative estimate of drug-likeness (QED) is 0.420. The summed E-state index contributed by atoms with van der Waals surface area (Å²) in [5.74, 6) is 0.293. The van der Waals surface area contributed by atoms with Crippen LogP contribution in [0.3, 0.4) is 0 Å². The molecule has 4 aromatic rings. The van der Waals surface area contributed by atoms with Crippen molar-refractivity contribution in [1.82, 2.24) is 10.2 Å². The van der Waals surface area contributed by atoms with Gasteiger partial charge in [0.1, 0.15) is 5.75 Å². The molecule has 0 aliphatic heterocycles. The van der Waals surface area contributed by atoms with E-state index in [0.717, 1.165) is 50.8 Å². The number of nitrogens with one attached hydrogen (secondary N) is 1. The van der Waals surface area contributed by atoms with Crippen molar-refractivity contribution in [1.29, 1.82) is 0 Å². The summed E-state index contributed by atoms with van der Waals surface area (Å²) in [5, 5.41) is 28.3. The monoisotopic (exact) mass is 384 g/mol. The molecule has 0 aliphatic rings. The molecule has 0 fully saturated rings. The van der Waals surface area contributed by atoms with E-state index in [0.29, 0.717) is 12.2 Å². The molecule has 0 aliphatic carbocycles. The highest BCUT2D eigenvalue weighted by atomic mass is 16.3. The summed E-state index contributed by atoms with van der Waals surface area (Å²) in [6.45, 7) is 2.07. The van der Waals surface area contributed by atoms with Crippen molar-refractivity contribution in [3.63, 3.8) is 0 Å². The van der Waals surface area contributed by atoms with E-state index in [-0.39, 0.29) is 6.61 Å². The van der Waals surface area contributed by atoms with Crippen molar-refractivity contribution < 1.29 is 10.2 Å². The number of aliphatic hydroxyl groups excluding tert-OH is 1. The van der Waals surface area contributed by atoms with Crippen molar-refractivity contribution >= 4 is 23.1 Å². The maximum Gasteiger partial charge on any atom is 0.126 e. The lowest BCUT2D eigenvalue weighted by molar-refractivity contribution is 0.288. The van der Waals surface area contributed by atoms with Gasteiger partial charge in [0.05, 0.1) is 11.2 Å². The summed E-state index contributed by atoms with van der Waals surface area (Å²) in [6.07, 6.45) is 5.53. The molecule has 0 bridgehead atoms. The maximum absolute atomic E-state index is 10.7. The third kappa shape index (κ3) is 4.08. The molecule has 29 heavy (non-hydrogen) atoms. The van der Waals surface area contributed by atoms with E-state index in [1.54, 1.807) is 0 Å². The molecule has 4 nitrogen and oxygen atoms in total. The number of hydrogen-bond acceptors (Lipinski definition) is 3. The Morgan fingerprint density at radius 3 is 2.62 bits per heavy atom. The van der Waals surface area contributed by atoms with Gasteiger partial charge in [-0.15, -0.1) is 0 Å². The van der Waals surface area contributed by atoms with Crippen molar-refractivity contribution in [2.75, 3.05) is 6.61 Å². The van der Waals surface area contributed by atoms with E-state index >= 15 is 0 Å². The first-order valence-corrected chi connectivity index (χ1v) is 9.80. The average Bonchev–Trinajstić information content (AvgIpc) is 3.16. The number of aromatic hydroxyl groups is 1. The lowest BCUT2D eigenvalue weighted by atomic mass is 9.96. The van der Waals surface area contributed by atoms with Crippen LogP contribution in [0, 0.1) is 6.92 Å². The van der Waals surface area contributed by atoms with Gasteiger partial charge in [-0.1, -0.05) is 48.5 Å². The molecule has 0 saturated heterocycles. The van der Waals surface area contributed by atoms with Gasteiger partial charge in [0.25, 0.3) is 0 Å². The highest BCUT2D eigenvalue weighted by Gasteiger charge is 2.12. The lowest BCUT2D eigenvalue weighted by Crippen LogP contribution is -1.93. The Balaban J connectivity index is 1.74. The topological polar surface area (TPSA) is 69.1 Å². The predicted molar refractivity (Wildman–Crippen MR) is 119 cm³/mol.